The Bertz CT molecular complexity index is 575. The third-order valence-corrected chi connectivity index (χ3v) is 3.22. The lowest BCUT2D eigenvalue weighted by Crippen LogP contribution is -2.19. The standard InChI is InChI=1S/C18H23NO2/c1-4-20-16-6-5-7-17(11-16)21-12-18(19)15-9-13(2)8-14(3)10-15/h5-11,18H,4,12,19H2,1-3H3. The Labute approximate surface area is 126 Å². The van der Waals surface area contributed by atoms with Gasteiger partial charge in [0.15, 0.2) is 0 Å². The van der Waals surface area contributed by atoms with Gasteiger partial charge in [-0.05, 0) is 38.5 Å². The summed E-state index contributed by atoms with van der Waals surface area (Å²) in [6, 6.07) is 13.9. The third kappa shape index (κ3) is 4.50. The molecule has 0 aliphatic rings. The highest BCUT2D eigenvalue weighted by molar-refractivity contribution is 5.34. The maximum Gasteiger partial charge on any atom is 0.123 e. The predicted molar refractivity (Wildman–Crippen MR) is 86.0 cm³/mol. The molecule has 0 saturated heterocycles. The number of rotatable bonds is 6. The fraction of sp³-hybridized carbons (Fsp3) is 0.333. The van der Waals surface area contributed by atoms with Crippen molar-refractivity contribution in [1.82, 2.24) is 0 Å². The molecule has 0 bridgehead atoms. The van der Waals surface area contributed by atoms with E-state index in [1.165, 1.54) is 11.1 Å². The Balaban J connectivity index is 2.00. The van der Waals surface area contributed by atoms with E-state index in [0.717, 1.165) is 17.1 Å². The number of benzene rings is 2. The van der Waals surface area contributed by atoms with Gasteiger partial charge in [0.1, 0.15) is 18.1 Å². The van der Waals surface area contributed by atoms with E-state index in [1.807, 2.05) is 31.2 Å². The highest BCUT2D eigenvalue weighted by Gasteiger charge is 2.08. The molecule has 2 aromatic rings. The van der Waals surface area contributed by atoms with Crippen molar-refractivity contribution in [3.63, 3.8) is 0 Å². The van der Waals surface area contributed by atoms with Gasteiger partial charge >= 0.3 is 0 Å². The van der Waals surface area contributed by atoms with E-state index in [4.69, 9.17) is 15.2 Å². The molecular formula is C18H23NO2. The summed E-state index contributed by atoms with van der Waals surface area (Å²) < 4.78 is 11.2. The van der Waals surface area contributed by atoms with E-state index >= 15 is 0 Å². The molecule has 2 rings (SSSR count). The lowest BCUT2D eigenvalue weighted by atomic mass is 10.0. The van der Waals surface area contributed by atoms with Crippen molar-refractivity contribution in [3.8, 4) is 11.5 Å². The first-order valence-corrected chi connectivity index (χ1v) is 7.28. The first-order valence-electron chi connectivity index (χ1n) is 7.28. The van der Waals surface area contributed by atoms with E-state index in [1.54, 1.807) is 0 Å². The highest BCUT2D eigenvalue weighted by Crippen LogP contribution is 2.21. The van der Waals surface area contributed by atoms with Gasteiger partial charge in [-0.15, -0.1) is 0 Å². The number of nitrogens with two attached hydrogens (primary N) is 1. The fourth-order valence-electron chi connectivity index (χ4n) is 2.33. The Kier molecular flexibility index (Phi) is 5.23. The molecule has 1 atom stereocenters. The molecule has 0 aliphatic carbocycles. The van der Waals surface area contributed by atoms with Crippen molar-refractivity contribution in [2.45, 2.75) is 26.8 Å². The van der Waals surface area contributed by atoms with Crippen molar-refractivity contribution in [3.05, 3.63) is 59.2 Å². The Morgan fingerprint density at radius 3 is 2.19 bits per heavy atom. The smallest absolute Gasteiger partial charge is 0.123 e. The van der Waals surface area contributed by atoms with Crippen molar-refractivity contribution in [2.24, 2.45) is 5.73 Å². The summed E-state index contributed by atoms with van der Waals surface area (Å²) in [5.74, 6) is 1.59. The van der Waals surface area contributed by atoms with Gasteiger partial charge in [-0.2, -0.15) is 0 Å². The summed E-state index contributed by atoms with van der Waals surface area (Å²) in [5.41, 5.74) is 9.77. The SMILES string of the molecule is CCOc1cccc(OCC(N)c2cc(C)cc(C)c2)c1. The molecule has 2 N–H and O–H groups in total. The second kappa shape index (κ2) is 7.14. The van der Waals surface area contributed by atoms with Crippen LogP contribution in [-0.4, -0.2) is 13.2 Å². The third-order valence-electron chi connectivity index (χ3n) is 3.22. The molecular weight excluding hydrogens is 262 g/mol. The largest absolute Gasteiger partial charge is 0.494 e. The van der Waals surface area contributed by atoms with E-state index in [0.29, 0.717) is 13.2 Å². The van der Waals surface area contributed by atoms with Gasteiger partial charge in [-0.25, -0.2) is 0 Å². The molecule has 3 heteroatoms. The maximum absolute atomic E-state index is 6.22. The van der Waals surface area contributed by atoms with Crippen LogP contribution in [0.25, 0.3) is 0 Å². The number of hydrogen-bond acceptors (Lipinski definition) is 3. The molecule has 0 radical (unpaired) electrons. The van der Waals surface area contributed by atoms with Gasteiger partial charge < -0.3 is 15.2 Å². The van der Waals surface area contributed by atoms with Crippen LogP contribution in [0.4, 0.5) is 0 Å². The molecule has 1 unspecified atom stereocenters. The average Bonchev–Trinajstić information content (AvgIpc) is 2.44. The van der Waals surface area contributed by atoms with Crippen LogP contribution in [0.2, 0.25) is 0 Å². The summed E-state index contributed by atoms with van der Waals surface area (Å²) in [6.45, 7) is 7.21. The molecule has 0 saturated carbocycles. The summed E-state index contributed by atoms with van der Waals surface area (Å²) in [5, 5.41) is 0. The Morgan fingerprint density at radius 1 is 0.952 bits per heavy atom. The normalized spacial score (nSPS) is 12.0. The van der Waals surface area contributed by atoms with Gasteiger partial charge in [0, 0.05) is 6.07 Å². The van der Waals surface area contributed by atoms with Crippen LogP contribution in [0.3, 0.4) is 0 Å². The lowest BCUT2D eigenvalue weighted by Gasteiger charge is -2.15. The second-order valence-corrected chi connectivity index (χ2v) is 5.25. The zero-order valence-electron chi connectivity index (χ0n) is 12.9. The molecule has 2 aromatic carbocycles. The van der Waals surface area contributed by atoms with Gasteiger partial charge in [0.2, 0.25) is 0 Å². The molecule has 0 fully saturated rings. The van der Waals surface area contributed by atoms with E-state index in [-0.39, 0.29) is 6.04 Å². The molecule has 0 aromatic heterocycles. The Hall–Kier alpha value is -2.00. The lowest BCUT2D eigenvalue weighted by molar-refractivity contribution is 0.286. The Morgan fingerprint density at radius 2 is 1.57 bits per heavy atom. The van der Waals surface area contributed by atoms with Gasteiger partial charge in [0.05, 0.1) is 12.6 Å². The minimum absolute atomic E-state index is 0.139. The number of hydrogen-bond donors (Lipinski definition) is 1. The first kappa shape index (κ1) is 15.4. The maximum atomic E-state index is 6.22. The summed E-state index contributed by atoms with van der Waals surface area (Å²) in [7, 11) is 0. The summed E-state index contributed by atoms with van der Waals surface area (Å²) in [6.07, 6.45) is 0. The van der Waals surface area contributed by atoms with Crippen molar-refractivity contribution in [1.29, 1.82) is 0 Å². The van der Waals surface area contributed by atoms with Crippen LogP contribution in [0.15, 0.2) is 42.5 Å². The molecule has 3 nitrogen and oxygen atoms in total. The van der Waals surface area contributed by atoms with E-state index in [9.17, 15) is 0 Å². The topological polar surface area (TPSA) is 44.5 Å². The van der Waals surface area contributed by atoms with Crippen LogP contribution >= 0.6 is 0 Å². The van der Waals surface area contributed by atoms with Gasteiger partial charge in [-0.3, -0.25) is 0 Å². The molecule has 0 spiro atoms. The van der Waals surface area contributed by atoms with Crippen LogP contribution < -0.4 is 15.2 Å². The summed E-state index contributed by atoms with van der Waals surface area (Å²) >= 11 is 0. The quantitative estimate of drug-likeness (QED) is 0.878. The minimum atomic E-state index is -0.139. The highest BCUT2D eigenvalue weighted by atomic mass is 16.5. The number of aryl methyl sites for hydroxylation is 2. The first-order chi connectivity index (χ1) is 10.1. The average molecular weight is 285 g/mol. The monoisotopic (exact) mass is 285 g/mol. The fourth-order valence-corrected chi connectivity index (χ4v) is 2.33. The van der Waals surface area contributed by atoms with Gasteiger partial charge in [0.25, 0.3) is 0 Å². The molecule has 0 aliphatic heterocycles. The second-order valence-electron chi connectivity index (χ2n) is 5.25. The van der Waals surface area contributed by atoms with Crippen LogP contribution in [0.1, 0.15) is 29.7 Å². The molecule has 0 heterocycles. The molecule has 0 amide bonds. The molecule has 112 valence electrons. The minimum Gasteiger partial charge on any atom is -0.494 e. The van der Waals surface area contributed by atoms with E-state index < -0.39 is 0 Å². The van der Waals surface area contributed by atoms with Crippen molar-refractivity contribution >= 4 is 0 Å². The van der Waals surface area contributed by atoms with Crippen LogP contribution in [0.5, 0.6) is 11.5 Å². The van der Waals surface area contributed by atoms with E-state index in [2.05, 4.69) is 32.0 Å². The molecule has 21 heavy (non-hydrogen) atoms. The van der Waals surface area contributed by atoms with Crippen molar-refractivity contribution < 1.29 is 9.47 Å². The van der Waals surface area contributed by atoms with Gasteiger partial charge in [-0.1, -0.05) is 35.4 Å². The predicted octanol–water partition coefficient (Wildman–Crippen LogP) is 3.78. The van der Waals surface area contributed by atoms with Crippen molar-refractivity contribution in [2.75, 3.05) is 13.2 Å². The zero-order valence-corrected chi connectivity index (χ0v) is 12.9. The van der Waals surface area contributed by atoms with Crippen LogP contribution in [-0.2, 0) is 0 Å². The number of ether oxygens (including phenoxy) is 2. The zero-order chi connectivity index (χ0) is 15.2. The van der Waals surface area contributed by atoms with Crippen LogP contribution in [0, 0.1) is 13.8 Å². The summed E-state index contributed by atoms with van der Waals surface area (Å²) in [4.78, 5) is 0.